The van der Waals surface area contributed by atoms with Crippen molar-refractivity contribution in [3.8, 4) is 0 Å². The maximum Gasteiger partial charge on any atom is 0.257 e. The first-order chi connectivity index (χ1) is 11.1. The highest BCUT2D eigenvalue weighted by atomic mass is 32.2. The minimum atomic E-state index is -0.236. The van der Waals surface area contributed by atoms with Crippen LogP contribution in [-0.2, 0) is 17.8 Å². The highest BCUT2D eigenvalue weighted by molar-refractivity contribution is 7.99. The van der Waals surface area contributed by atoms with E-state index in [-0.39, 0.29) is 17.4 Å². The Morgan fingerprint density at radius 3 is 2.83 bits per heavy atom. The Balaban J connectivity index is 1.82. The van der Waals surface area contributed by atoms with Crippen molar-refractivity contribution in [3.05, 3.63) is 51.9 Å². The quantitative estimate of drug-likeness (QED) is 0.879. The zero-order valence-electron chi connectivity index (χ0n) is 13.2. The Hall–Kier alpha value is -2.08. The summed E-state index contributed by atoms with van der Waals surface area (Å²) in [7, 11) is 0. The number of aromatic nitrogens is 2. The number of hydrogen-bond acceptors (Lipinski definition) is 4. The molecular formula is C17H19N3O2S. The van der Waals surface area contributed by atoms with Crippen molar-refractivity contribution < 1.29 is 4.79 Å². The van der Waals surface area contributed by atoms with Crippen LogP contribution in [-0.4, -0.2) is 21.2 Å². The Bertz CT molecular complexity index is 786. The molecule has 0 aliphatic carbocycles. The Morgan fingerprint density at radius 2 is 2.13 bits per heavy atom. The van der Waals surface area contributed by atoms with Crippen molar-refractivity contribution >= 4 is 23.4 Å². The molecule has 2 aromatic rings. The van der Waals surface area contributed by atoms with Gasteiger partial charge in [0.25, 0.3) is 5.56 Å². The largest absolute Gasteiger partial charge is 0.326 e. The van der Waals surface area contributed by atoms with Gasteiger partial charge in [-0.05, 0) is 25.5 Å². The van der Waals surface area contributed by atoms with Crippen molar-refractivity contribution in [2.45, 2.75) is 32.0 Å². The number of rotatable bonds is 3. The van der Waals surface area contributed by atoms with Gasteiger partial charge in [0.15, 0.2) is 5.16 Å². The lowest BCUT2D eigenvalue weighted by molar-refractivity contribution is -0.119. The SMILES string of the molecule is CCc1c(C)nc2n(c1=O)CC(C(=O)Nc1ccccc1)CS2. The van der Waals surface area contributed by atoms with Crippen molar-refractivity contribution in [2.75, 3.05) is 11.1 Å². The molecule has 6 heteroatoms. The maximum absolute atomic E-state index is 12.6. The van der Waals surface area contributed by atoms with E-state index in [2.05, 4.69) is 10.3 Å². The zero-order chi connectivity index (χ0) is 16.4. The van der Waals surface area contributed by atoms with Crippen LogP contribution in [0.15, 0.2) is 40.3 Å². The summed E-state index contributed by atoms with van der Waals surface area (Å²) in [5, 5.41) is 3.63. The molecule has 23 heavy (non-hydrogen) atoms. The van der Waals surface area contributed by atoms with E-state index >= 15 is 0 Å². The average Bonchev–Trinajstić information content (AvgIpc) is 2.56. The predicted octanol–water partition coefficient (Wildman–Crippen LogP) is 2.47. The third kappa shape index (κ3) is 3.17. The number of thioether (sulfide) groups is 1. The molecule has 5 nitrogen and oxygen atoms in total. The monoisotopic (exact) mass is 329 g/mol. The number of benzene rings is 1. The minimum Gasteiger partial charge on any atom is -0.326 e. The predicted molar refractivity (Wildman–Crippen MR) is 91.9 cm³/mol. The molecule has 0 radical (unpaired) electrons. The number of anilines is 1. The molecule has 0 spiro atoms. The first-order valence-corrected chi connectivity index (χ1v) is 8.67. The van der Waals surface area contributed by atoms with Gasteiger partial charge in [0.1, 0.15) is 0 Å². The first-order valence-electron chi connectivity index (χ1n) is 7.69. The van der Waals surface area contributed by atoms with E-state index < -0.39 is 0 Å². The fraction of sp³-hybridized carbons (Fsp3) is 0.353. The molecule has 1 aromatic heterocycles. The molecule has 120 valence electrons. The second-order valence-electron chi connectivity index (χ2n) is 5.59. The second kappa shape index (κ2) is 6.58. The van der Waals surface area contributed by atoms with Gasteiger partial charge >= 0.3 is 0 Å². The fourth-order valence-corrected chi connectivity index (χ4v) is 3.85. The molecule has 1 unspecified atom stereocenters. The molecule has 3 rings (SSSR count). The summed E-state index contributed by atoms with van der Waals surface area (Å²) in [6.07, 6.45) is 0.656. The van der Waals surface area contributed by atoms with Crippen LogP contribution >= 0.6 is 11.8 Å². The number of nitrogens with zero attached hydrogens (tertiary/aromatic N) is 2. The number of fused-ring (bicyclic) bond motifs is 1. The normalized spacial score (nSPS) is 16.7. The summed E-state index contributed by atoms with van der Waals surface area (Å²) in [5.41, 5.74) is 2.29. The molecule has 1 aliphatic rings. The van der Waals surface area contributed by atoms with Gasteiger partial charge in [-0.2, -0.15) is 0 Å². The third-order valence-corrected chi connectivity index (χ3v) is 5.16. The van der Waals surface area contributed by atoms with Gasteiger partial charge < -0.3 is 5.32 Å². The molecule has 0 bridgehead atoms. The maximum atomic E-state index is 12.6. The van der Waals surface area contributed by atoms with E-state index in [1.165, 1.54) is 11.8 Å². The summed E-state index contributed by atoms with van der Waals surface area (Å²) < 4.78 is 1.65. The van der Waals surface area contributed by atoms with Gasteiger partial charge in [0, 0.05) is 29.2 Å². The summed E-state index contributed by atoms with van der Waals surface area (Å²) in [4.78, 5) is 29.5. The molecule has 1 aromatic carbocycles. The van der Waals surface area contributed by atoms with E-state index in [0.717, 1.165) is 16.9 Å². The van der Waals surface area contributed by atoms with Gasteiger partial charge in [-0.15, -0.1) is 0 Å². The van der Waals surface area contributed by atoms with Crippen LogP contribution in [0.3, 0.4) is 0 Å². The van der Waals surface area contributed by atoms with Crippen LogP contribution in [0.2, 0.25) is 0 Å². The molecule has 1 atom stereocenters. The number of amides is 1. The molecule has 0 saturated heterocycles. The summed E-state index contributed by atoms with van der Waals surface area (Å²) in [5.74, 6) is 0.343. The Morgan fingerprint density at radius 1 is 1.39 bits per heavy atom. The van der Waals surface area contributed by atoms with Gasteiger partial charge in [-0.3, -0.25) is 14.2 Å². The minimum absolute atomic E-state index is 0.0142. The van der Waals surface area contributed by atoms with Crippen LogP contribution in [0.25, 0.3) is 0 Å². The first kappa shape index (κ1) is 15.8. The van der Waals surface area contributed by atoms with Crippen LogP contribution in [0.4, 0.5) is 5.69 Å². The number of carbonyl (C=O) groups is 1. The van der Waals surface area contributed by atoms with Crippen LogP contribution in [0, 0.1) is 12.8 Å². The molecule has 1 N–H and O–H groups in total. The third-order valence-electron chi connectivity index (χ3n) is 4.02. The molecule has 0 fully saturated rings. The van der Waals surface area contributed by atoms with Crippen molar-refractivity contribution in [3.63, 3.8) is 0 Å². The van der Waals surface area contributed by atoms with Crippen LogP contribution in [0.5, 0.6) is 0 Å². The lowest BCUT2D eigenvalue weighted by Gasteiger charge is -2.25. The highest BCUT2D eigenvalue weighted by Gasteiger charge is 2.28. The van der Waals surface area contributed by atoms with Crippen LogP contribution < -0.4 is 10.9 Å². The Kier molecular flexibility index (Phi) is 4.52. The number of carbonyl (C=O) groups excluding carboxylic acids is 1. The lowest BCUT2D eigenvalue weighted by atomic mass is 10.1. The second-order valence-corrected chi connectivity index (χ2v) is 6.58. The number of para-hydroxylation sites is 1. The van der Waals surface area contributed by atoms with Crippen molar-refractivity contribution in [1.29, 1.82) is 0 Å². The van der Waals surface area contributed by atoms with Gasteiger partial charge in [0.05, 0.1) is 5.92 Å². The van der Waals surface area contributed by atoms with E-state index in [1.54, 1.807) is 4.57 Å². The van der Waals surface area contributed by atoms with E-state index in [9.17, 15) is 9.59 Å². The number of aryl methyl sites for hydroxylation is 1. The molecular weight excluding hydrogens is 310 g/mol. The summed E-state index contributed by atoms with van der Waals surface area (Å²) >= 11 is 1.47. The standard InChI is InChI=1S/C17H19N3O2S/c1-3-14-11(2)18-17-20(16(14)22)9-12(10-23-17)15(21)19-13-7-5-4-6-8-13/h4-8,12H,3,9-10H2,1-2H3,(H,19,21). The van der Waals surface area contributed by atoms with Crippen molar-refractivity contribution in [2.24, 2.45) is 5.92 Å². The van der Waals surface area contributed by atoms with Gasteiger partial charge in [-0.25, -0.2) is 4.98 Å². The molecule has 2 heterocycles. The van der Waals surface area contributed by atoms with Crippen LogP contribution in [0.1, 0.15) is 18.2 Å². The summed E-state index contributed by atoms with van der Waals surface area (Å²) in [6.45, 7) is 4.21. The van der Waals surface area contributed by atoms with Crippen molar-refractivity contribution in [1.82, 2.24) is 9.55 Å². The summed E-state index contributed by atoms with van der Waals surface area (Å²) in [6, 6.07) is 9.38. The number of nitrogens with one attached hydrogen (secondary N) is 1. The van der Waals surface area contributed by atoms with E-state index in [1.807, 2.05) is 44.2 Å². The lowest BCUT2D eigenvalue weighted by Crippen LogP contribution is -2.38. The number of hydrogen-bond donors (Lipinski definition) is 1. The van der Waals surface area contributed by atoms with Gasteiger partial charge in [-0.1, -0.05) is 36.9 Å². The topological polar surface area (TPSA) is 64.0 Å². The smallest absolute Gasteiger partial charge is 0.257 e. The zero-order valence-corrected chi connectivity index (χ0v) is 14.0. The molecule has 1 amide bonds. The highest BCUT2D eigenvalue weighted by Crippen LogP contribution is 2.26. The molecule has 0 saturated carbocycles. The average molecular weight is 329 g/mol. The Labute approximate surface area is 139 Å². The van der Waals surface area contributed by atoms with E-state index in [4.69, 9.17) is 0 Å². The van der Waals surface area contributed by atoms with Gasteiger partial charge in [0.2, 0.25) is 5.91 Å². The molecule has 1 aliphatic heterocycles. The van der Waals surface area contributed by atoms with E-state index in [0.29, 0.717) is 23.9 Å². The fourth-order valence-electron chi connectivity index (χ4n) is 2.73.